The van der Waals surface area contributed by atoms with E-state index in [1.54, 1.807) is 0 Å². The molecule has 5 N–H and O–H groups in total. The van der Waals surface area contributed by atoms with Gasteiger partial charge in [-0.15, -0.1) is 13.2 Å². The Labute approximate surface area is 187 Å². The van der Waals surface area contributed by atoms with Crippen molar-refractivity contribution in [1.29, 1.82) is 0 Å². The smallest absolute Gasteiger partial charge is 0.495 e. The molecule has 0 heterocycles. The highest BCUT2D eigenvalue weighted by Gasteiger charge is 2.32. The predicted octanol–water partition coefficient (Wildman–Crippen LogP) is 3.74. The second-order valence-corrected chi connectivity index (χ2v) is 8.24. The van der Waals surface area contributed by atoms with Crippen LogP contribution in [-0.2, 0) is 10.0 Å². The zero-order valence-electron chi connectivity index (χ0n) is 17.0. The summed E-state index contributed by atoms with van der Waals surface area (Å²) in [7, 11) is -2.78. The average Bonchev–Trinajstić information content (AvgIpc) is 2.72. The molecule has 0 atom stereocenters. The first-order valence-electron chi connectivity index (χ1n) is 9.16. The van der Waals surface area contributed by atoms with Gasteiger partial charge >= 0.3 is 6.36 Å². The number of alkyl halides is 3. The van der Waals surface area contributed by atoms with Crippen LogP contribution in [0, 0.1) is 0 Å². The number of carbonyl (C=O) groups excluding carboxylic acids is 1. The molecule has 0 aliphatic rings. The zero-order chi connectivity index (χ0) is 24.4. The van der Waals surface area contributed by atoms with Crippen LogP contribution in [-0.4, -0.2) is 27.8 Å². The van der Waals surface area contributed by atoms with E-state index in [0.29, 0.717) is 0 Å². The van der Waals surface area contributed by atoms with E-state index >= 15 is 0 Å². The third-order valence-electron chi connectivity index (χ3n) is 4.44. The maximum Gasteiger partial charge on any atom is 0.573 e. The summed E-state index contributed by atoms with van der Waals surface area (Å²) in [5.41, 5.74) is 6.73. The molecule has 3 aromatic rings. The van der Waals surface area contributed by atoms with Crippen LogP contribution in [0.5, 0.6) is 11.5 Å². The Morgan fingerprint density at radius 2 is 1.67 bits per heavy atom. The van der Waals surface area contributed by atoms with Gasteiger partial charge < -0.3 is 20.5 Å². The number of hydrogen-bond donors (Lipinski definition) is 3. The SMILES string of the molecule is COc1cc(NC(=O)c2ccc(-c3ccccc3OC(F)(F)F)c(N)c2)ccc1S(N)(=O)=O. The van der Waals surface area contributed by atoms with Crippen molar-refractivity contribution in [2.75, 3.05) is 18.2 Å². The van der Waals surface area contributed by atoms with Crippen LogP contribution in [0.2, 0.25) is 0 Å². The van der Waals surface area contributed by atoms with Gasteiger partial charge in [-0.05, 0) is 30.3 Å². The number of methoxy groups -OCH3 is 1. The Bertz CT molecular complexity index is 1310. The minimum Gasteiger partial charge on any atom is -0.495 e. The van der Waals surface area contributed by atoms with Crippen molar-refractivity contribution >= 4 is 27.3 Å². The molecule has 0 bridgehead atoms. The minimum atomic E-state index is -4.88. The Morgan fingerprint density at radius 3 is 2.27 bits per heavy atom. The number of para-hydroxylation sites is 1. The highest BCUT2D eigenvalue weighted by molar-refractivity contribution is 7.89. The predicted molar refractivity (Wildman–Crippen MR) is 115 cm³/mol. The Hall–Kier alpha value is -3.77. The van der Waals surface area contributed by atoms with Gasteiger partial charge in [0.05, 0.1) is 7.11 Å². The van der Waals surface area contributed by atoms with E-state index in [1.165, 1.54) is 61.7 Å². The first kappa shape index (κ1) is 23.9. The Balaban J connectivity index is 1.88. The van der Waals surface area contributed by atoms with E-state index in [1.807, 2.05) is 0 Å². The molecule has 12 heteroatoms. The molecule has 33 heavy (non-hydrogen) atoms. The summed E-state index contributed by atoms with van der Waals surface area (Å²) in [5, 5.41) is 7.68. The van der Waals surface area contributed by atoms with E-state index in [9.17, 15) is 26.4 Å². The standard InChI is InChI=1S/C21H18F3N3O5S/c1-31-18-11-13(7-9-19(18)33(26,29)30)27-20(28)12-6-8-14(16(25)10-12)15-4-2-3-5-17(15)32-21(22,23)24/h2-11H,25H2,1H3,(H,27,28)(H2,26,29,30). The van der Waals surface area contributed by atoms with Crippen LogP contribution in [0.4, 0.5) is 24.5 Å². The molecule has 0 unspecified atom stereocenters. The number of primary sulfonamides is 1. The van der Waals surface area contributed by atoms with Crippen LogP contribution in [0.3, 0.4) is 0 Å². The van der Waals surface area contributed by atoms with E-state index in [4.69, 9.17) is 15.6 Å². The lowest BCUT2D eigenvalue weighted by Crippen LogP contribution is -2.17. The van der Waals surface area contributed by atoms with E-state index < -0.39 is 28.0 Å². The number of ether oxygens (including phenoxy) is 2. The lowest BCUT2D eigenvalue weighted by Gasteiger charge is -2.15. The number of benzene rings is 3. The van der Waals surface area contributed by atoms with Crippen molar-refractivity contribution in [2.45, 2.75) is 11.3 Å². The lowest BCUT2D eigenvalue weighted by molar-refractivity contribution is -0.274. The summed E-state index contributed by atoms with van der Waals surface area (Å²) in [4.78, 5) is 12.4. The van der Waals surface area contributed by atoms with E-state index in [-0.39, 0.29) is 38.7 Å². The quantitative estimate of drug-likeness (QED) is 0.459. The number of carbonyl (C=O) groups is 1. The van der Waals surface area contributed by atoms with Crippen LogP contribution in [0.1, 0.15) is 10.4 Å². The van der Waals surface area contributed by atoms with Crippen molar-refractivity contribution in [1.82, 2.24) is 0 Å². The van der Waals surface area contributed by atoms with Gasteiger partial charge in [-0.1, -0.05) is 24.3 Å². The Morgan fingerprint density at radius 1 is 0.970 bits per heavy atom. The highest BCUT2D eigenvalue weighted by Crippen LogP contribution is 2.37. The van der Waals surface area contributed by atoms with Crippen molar-refractivity contribution < 1.29 is 35.9 Å². The first-order chi connectivity index (χ1) is 15.4. The van der Waals surface area contributed by atoms with Crippen molar-refractivity contribution in [3.63, 3.8) is 0 Å². The summed E-state index contributed by atoms with van der Waals surface area (Å²) in [6.45, 7) is 0. The van der Waals surface area contributed by atoms with E-state index in [0.717, 1.165) is 6.07 Å². The van der Waals surface area contributed by atoms with E-state index in [2.05, 4.69) is 10.1 Å². The molecule has 0 aliphatic heterocycles. The van der Waals surface area contributed by atoms with Gasteiger partial charge in [-0.2, -0.15) is 0 Å². The molecule has 3 rings (SSSR count). The van der Waals surface area contributed by atoms with Gasteiger partial charge in [0.2, 0.25) is 10.0 Å². The summed E-state index contributed by atoms with van der Waals surface area (Å²) < 4.78 is 70.3. The normalized spacial score (nSPS) is 11.7. The summed E-state index contributed by atoms with van der Waals surface area (Å²) in [5.74, 6) is -1.10. The van der Waals surface area contributed by atoms with Gasteiger partial charge in [0, 0.05) is 34.1 Å². The first-order valence-corrected chi connectivity index (χ1v) is 10.7. The van der Waals surface area contributed by atoms with Gasteiger partial charge in [0.25, 0.3) is 5.91 Å². The molecule has 174 valence electrons. The Kier molecular flexibility index (Phi) is 6.51. The number of anilines is 2. The van der Waals surface area contributed by atoms with Crippen LogP contribution >= 0.6 is 0 Å². The topological polar surface area (TPSA) is 134 Å². The molecule has 0 spiro atoms. The number of sulfonamides is 1. The molecular weight excluding hydrogens is 463 g/mol. The molecule has 0 fully saturated rings. The maximum absolute atomic E-state index is 12.7. The number of nitrogens with two attached hydrogens (primary N) is 2. The zero-order valence-corrected chi connectivity index (χ0v) is 17.8. The van der Waals surface area contributed by atoms with Gasteiger partial charge in [0.1, 0.15) is 16.4 Å². The monoisotopic (exact) mass is 481 g/mol. The summed E-state index contributed by atoms with van der Waals surface area (Å²) in [6.07, 6.45) is -4.88. The second kappa shape index (κ2) is 9.00. The van der Waals surface area contributed by atoms with Crippen LogP contribution in [0.15, 0.2) is 65.6 Å². The van der Waals surface area contributed by atoms with Gasteiger partial charge in [0.15, 0.2) is 0 Å². The third-order valence-corrected chi connectivity index (χ3v) is 5.40. The molecule has 8 nitrogen and oxygen atoms in total. The van der Waals surface area contributed by atoms with Crippen LogP contribution < -0.4 is 25.7 Å². The van der Waals surface area contributed by atoms with Gasteiger partial charge in [-0.25, -0.2) is 13.6 Å². The van der Waals surface area contributed by atoms with Crippen LogP contribution in [0.25, 0.3) is 11.1 Å². The molecule has 0 saturated carbocycles. The van der Waals surface area contributed by atoms with Crippen molar-refractivity contribution in [3.8, 4) is 22.6 Å². The third kappa shape index (κ3) is 5.73. The molecule has 0 aliphatic carbocycles. The average molecular weight is 481 g/mol. The number of nitrogens with one attached hydrogen (secondary N) is 1. The summed E-state index contributed by atoms with van der Waals surface area (Å²) in [6, 6.07) is 13.3. The number of rotatable bonds is 6. The number of hydrogen-bond acceptors (Lipinski definition) is 6. The molecule has 0 aromatic heterocycles. The van der Waals surface area contributed by atoms with Crippen molar-refractivity contribution in [3.05, 3.63) is 66.2 Å². The molecule has 0 radical (unpaired) electrons. The fourth-order valence-electron chi connectivity index (χ4n) is 3.04. The minimum absolute atomic E-state index is 0.0445. The molecular formula is C21H18F3N3O5S. The molecule has 1 amide bonds. The molecule has 3 aromatic carbocycles. The number of halogens is 3. The number of nitrogen functional groups attached to an aromatic ring is 1. The number of amides is 1. The highest BCUT2D eigenvalue weighted by atomic mass is 32.2. The van der Waals surface area contributed by atoms with Gasteiger partial charge in [-0.3, -0.25) is 4.79 Å². The maximum atomic E-state index is 12.7. The fraction of sp³-hybridized carbons (Fsp3) is 0.0952. The lowest BCUT2D eigenvalue weighted by atomic mass is 10.0. The molecule has 0 saturated heterocycles. The fourth-order valence-corrected chi connectivity index (χ4v) is 3.72. The van der Waals surface area contributed by atoms with Crippen molar-refractivity contribution in [2.24, 2.45) is 5.14 Å². The summed E-state index contributed by atoms with van der Waals surface area (Å²) >= 11 is 0. The second-order valence-electron chi connectivity index (χ2n) is 6.71. The largest absolute Gasteiger partial charge is 0.573 e.